The third kappa shape index (κ3) is 9.12. The first-order chi connectivity index (χ1) is 19.1. The topological polar surface area (TPSA) is 58.6 Å². The maximum Gasteiger partial charge on any atom is 0.417 e. The van der Waals surface area contributed by atoms with Gasteiger partial charge >= 0.3 is 18.5 Å². The molecule has 18 heteroatoms. The zero-order chi connectivity index (χ0) is 32.4. The number of nitrogens with one attached hydrogen (secondary N) is 1. The van der Waals surface area contributed by atoms with Crippen LogP contribution < -0.4 is 5.32 Å². The van der Waals surface area contributed by atoms with Crippen molar-refractivity contribution in [3.63, 3.8) is 0 Å². The Morgan fingerprint density at radius 1 is 0.976 bits per heavy atom. The molecule has 0 saturated carbocycles. The minimum absolute atomic E-state index is 0.0359. The molecule has 0 radical (unpaired) electrons. The maximum absolute atomic E-state index is 15.0. The maximum atomic E-state index is 15.0. The monoisotopic (exact) mass is 676 g/mol. The van der Waals surface area contributed by atoms with Crippen molar-refractivity contribution in [2.75, 3.05) is 13.7 Å². The average molecular weight is 678 g/mol. The molecule has 0 aliphatic rings. The Morgan fingerprint density at radius 2 is 1.52 bits per heavy atom. The van der Waals surface area contributed by atoms with Crippen molar-refractivity contribution in [1.82, 2.24) is 10.4 Å². The molecule has 0 bridgehead atoms. The highest BCUT2D eigenvalue weighted by atomic mass is 35.5. The number of rotatable bonds is 8. The van der Waals surface area contributed by atoms with Crippen LogP contribution in [-0.4, -0.2) is 48.9 Å². The normalized spacial score (nSPS) is 14.4. The number of hydroxylamine groups is 2. The third-order valence-corrected chi connectivity index (χ3v) is 6.58. The fourth-order valence-corrected chi connectivity index (χ4v) is 4.06. The Bertz CT molecular complexity index is 1340. The number of amides is 2. The summed E-state index contributed by atoms with van der Waals surface area (Å²) in [4.78, 5) is 29.1. The lowest BCUT2D eigenvalue weighted by atomic mass is 9.95. The summed E-state index contributed by atoms with van der Waals surface area (Å²) >= 11 is 17.2. The van der Waals surface area contributed by atoms with Crippen LogP contribution in [0, 0.1) is 0 Å². The highest BCUT2D eigenvalue weighted by Crippen LogP contribution is 2.43. The van der Waals surface area contributed by atoms with Crippen LogP contribution in [0.3, 0.4) is 0 Å². The standard InChI is InChI=1S/C24H17Cl3F10N2O3/c1-10(21(41)39(42-2)9-22(29,30)31)38-20(40)13-4-3-11(5-15(13)24(35,36)37)18(28)8-14(23(32,33)34)12-6-16(25)19(27)17(26)7-12/h3-8,10,14H,9H2,1-2H3,(H,38,40)/b18-8-/t10-,14?/m1/s1. The first kappa shape index (κ1) is 35.4. The first-order valence-electron chi connectivity index (χ1n) is 11.1. The largest absolute Gasteiger partial charge is 0.417 e. The number of halogens is 13. The molecule has 0 aromatic heterocycles. The molecule has 2 amide bonds. The molecule has 1 unspecified atom stereocenters. The molecule has 2 atom stereocenters. The van der Waals surface area contributed by atoms with Gasteiger partial charge < -0.3 is 5.32 Å². The summed E-state index contributed by atoms with van der Waals surface area (Å²) in [6, 6.07) is 0.682. The molecular formula is C24H17Cl3F10N2O3. The molecule has 2 aromatic rings. The molecule has 42 heavy (non-hydrogen) atoms. The van der Waals surface area contributed by atoms with E-state index < -0.39 is 87.0 Å². The zero-order valence-corrected chi connectivity index (χ0v) is 23.2. The van der Waals surface area contributed by atoms with E-state index in [0.717, 1.165) is 19.1 Å². The third-order valence-electron chi connectivity index (χ3n) is 5.38. The molecule has 2 rings (SSSR count). The summed E-state index contributed by atoms with van der Waals surface area (Å²) < 4.78 is 136. The Morgan fingerprint density at radius 3 is 1.98 bits per heavy atom. The summed E-state index contributed by atoms with van der Waals surface area (Å²) in [6.45, 7) is -1.04. The molecule has 0 fully saturated rings. The van der Waals surface area contributed by atoms with Crippen molar-refractivity contribution in [1.29, 1.82) is 0 Å². The summed E-state index contributed by atoms with van der Waals surface area (Å²) in [5, 5.41) is 0.491. The molecule has 0 aliphatic heterocycles. The summed E-state index contributed by atoms with van der Waals surface area (Å²) in [7, 11) is 0.709. The molecule has 2 aromatic carbocycles. The minimum Gasteiger partial charge on any atom is -0.340 e. The molecule has 232 valence electrons. The molecule has 0 saturated heterocycles. The van der Waals surface area contributed by atoms with Crippen molar-refractivity contribution in [3.8, 4) is 0 Å². The SMILES string of the molecule is CON(CC(F)(F)F)C(=O)[C@@H](C)NC(=O)c1ccc(/C(F)=C/C(c2cc(Cl)c(Cl)c(Cl)c2)C(F)(F)F)cc1C(F)(F)F. The second-order valence-corrected chi connectivity index (χ2v) is 9.65. The number of allylic oxidation sites excluding steroid dienone is 1. The lowest BCUT2D eigenvalue weighted by molar-refractivity contribution is -0.224. The van der Waals surface area contributed by atoms with Gasteiger partial charge in [0.05, 0.1) is 33.3 Å². The van der Waals surface area contributed by atoms with Gasteiger partial charge in [-0.3, -0.25) is 14.4 Å². The number of carbonyl (C=O) groups excluding carboxylic acids is 2. The molecule has 5 nitrogen and oxygen atoms in total. The van der Waals surface area contributed by atoms with Gasteiger partial charge in [-0.15, -0.1) is 0 Å². The number of benzene rings is 2. The summed E-state index contributed by atoms with van der Waals surface area (Å²) in [5.41, 5.74) is -4.72. The number of carbonyl (C=O) groups is 2. The van der Waals surface area contributed by atoms with Crippen LogP contribution in [0.25, 0.3) is 5.83 Å². The van der Waals surface area contributed by atoms with Crippen LogP contribution in [0.5, 0.6) is 0 Å². The molecule has 1 N–H and O–H groups in total. The van der Waals surface area contributed by atoms with E-state index in [0.29, 0.717) is 19.2 Å². The summed E-state index contributed by atoms with van der Waals surface area (Å²) in [5.74, 6) is -7.60. The van der Waals surface area contributed by atoms with Crippen LogP contribution in [0.15, 0.2) is 36.4 Å². The predicted octanol–water partition coefficient (Wildman–Crippen LogP) is 8.39. The van der Waals surface area contributed by atoms with E-state index in [1.54, 1.807) is 5.32 Å². The lowest BCUT2D eigenvalue weighted by Crippen LogP contribution is -2.49. The van der Waals surface area contributed by atoms with Crippen LogP contribution in [-0.2, 0) is 15.8 Å². The van der Waals surface area contributed by atoms with E-state index in [2.05, 4.69) is 4.84 Å². The summed E-state index contributed by atoms with van der Waals surface area (Å²) in [6.07, 6.45) is -15.5. The molecule has 0 spiro atoms. The van der Waals surface area contributed by atoms with Gasteiger partial charge in [0, 0.05) is 5.56 Å². The van der Waals surface area contributed by atoms with Gasteiger partial charge in [-0.2, -0.15) is 39.5 Å². The molecule has 0 heterocycles. The van der Waals surface area contributed by atoms with E-state index in [-0.39, 0.29) is 22.2 Å². The molecular weight excluding hydrogens is 661 g/mol. The van der Waals surface area contributed by atoms with E-state index in [1.807, 2.05) is 0 Å². The molecule has 0 aliphatic carbocycles. The Balaban J connectivity index is 2.48. The Labute approximate surface area is 245 Å². The van der Waals surface area contributed by atoms with Crippen LogP contribution >= 0.6 is 34.8 Å². The van der Waals surface area contributed by atoms with Crippen molar-refractivity contribution >= 4 is 52.4 Å². The smallest absolute Gasteiger partial charge is 0.340 e. The zero-order valence-electron chi connectivity index (χ0n) is 20.9. The van der Waals surface area contributed by atoms with Gasteiger partial charge in [0.1, 0.15) is 24.3 Å². The highest BCUT2D eigenvalue weighted by molar-refractivity contribution is 6.48. The van der Waals surface area contributed by atoms with E-state index in [9.17, 15) is 49.1 Å². The van der Waals surface area contributed by atoms with Gasteiger partial charge in [0.15, 0.2) is 0 Å². The second kappa shape index (κ2) is 13.3. The van der Waals surface area contributed by atoms with Crippen LogP contribution in [0.4, 0.5) is 43.9 Å². The number of hydrogen-bond donors (Lipinski definition) is 1. The van der Waals surface area contributed by atoms with Crippen molar-refractivity contribution in [2.45, 2.75) is 37.4 Å². The first-order valence-corrected chi connectivity index (χ1v) is 12.2. The quantitative estimate of drug-likeness (QED) is 0.174. The van der Waals surface area contributed by atoms with Crippen LogP contribution in [0.2, 0.25) is 15.1 Å². The van der Waals surface area contributed by atoms with E-state index in [1.165, 1.54) is 0 Å². The minimum atomic E-state index is -5.37. The van der Waals surface area contributed by atoms with Crippen molar-refractivity contribution < 1.29 is 58.3 Å². The second-order valence-electron chi connectivity index (χ2n) is 8.46. The van der Waals surface area contributed by atoms with Gasteiger partial charge in [0.25, 0.3) is 11.8 Å². The Kier molecular flexibility index (Phi) is 11.2. The van der Waals surface area contributed by atoms with Gasteiger partial charge in [-0.05, 0) is 42.8 Å². The van der Waals surface area contributed by atoms with Gasteiger partial charge in [0.2, 0.25) is 0 Å². The van der Waals surface area contributed by atoms with Gasteiger partial charge in [-0.1, -0.05) is 40.9 Å². The Hall–Kier alpha value is -2.75. The predicted molar refractivity (Wildman–Crippen MR) is 133 cm³/mol. The number of hydrogen-bond acceptors (Lipinski definition) is 3. The van der Waals surface area contributed by atoms with E-state index in [4.69, 9.17) is 34.8 Å². The van der Waals surface area contributed by atoms with E-state index >= 15 is 4.39 Å². The van der Waals surface area contributed by atoms with Crippen molar-refractivity contribution in [2.24, 2.45) is 0 Å². The lowest BCUT2D eigenvalue weighted by Gasteiger charge is -2.25. The highest BCUT2D eigenvalue weighted by Gasteiger charge is 2.41. The average Bonchev–Trinajstić information content (AvgIpc) is 2.85. The van der Waals surface area contributed by atoms with Crippen LogP contribution in [0.1, 0.15) is 39.9 Å². The number of nitrogens with zero attached hydrogens (tertiary/aromatic N) is 1. The van der Waals surface area contributed by atoms with Crippen molar-refractivity contribution in [3.05, 3.63) is 73.7 Å². The fraction of sp³-hybridized carbons (Fsp3) is 0.333. The number of alkyl halides is 9. The fourth-order valence-electron chi connectivity index (χ4n) is 3.45. The van der Waals surface area contributed by atoms with Gasteiger partial charge in [-0.25, -0.2) is 9.45 Å².